The van der Waals surface area contributed by atoms with Gasteiger partial charge in [-0.15, -0.1) is 12.6 Å². The first kappa shape index (κ1) is 38.9. The van der Waals surface area contributed by atoms with E-state index in [9.17, 15) is 9.59 Å². The number of hydrogen-bond donors (Lipinski definition) is 1. The Morgan fingerprint density at radius 2 is 1.37 bits per heavy atom. The van der Waals surface area contributed by atoms with Gasteiger partial charge in [0.1, 0.15) is 0 Å². The van der Waals surface area contributed by atoms with Crippen molar-refractivity contribution in [2.45, 2.75) is 91.4 Å². The number of hydrogen-bond acceptors (Lipinski definition) is 5. The van der Waals surface area contributed by atoms with Crippen molar-refractivity contribution in [1.82, 2.24) is 5.32 Å². The fraction of sp³-hybridized carbons (Fsp3) is 0.318. The molecule has 266 valence electrons. The number of benzene rings is 4. The zero-order valence-corrected chi connectivity index (χ0v) is 31.6. The van der Waals surface area contributed by atoms with Crippen molar-refractivity contribution in [1.29, 1.82) is 0 Å². The third kappa shape index (κ3) is 10.8. The Bertz CT molecular complexity index is 1990. The highest BCUT2D eigenvalue weighted by molar-refractivity contribution is 7.59. The van der Waals surface area contributed by atoms with Gasteiger partial charge in [0, 0.05) is 23.6 Å². The highest BCUT2D eigenvalue weighted by atomic mass is 32.2. The van der Waals surface area contributed by atoms with E-state index in [0.29, 0.717) is 18.8 Å². The molecule has 0 saturated carbocycles. The van der Waals surface area contributed by atoms with Gasteiger partial charge in [-0.05, 0) is 96.0 Å². The molecule has 0 spiro atoms. The van der Waals surface area contributed by atoms with Crippen molar-refractivity contribution in [3.05, 3.63) is 153 Å². The van der Waals surface area contributed by atoms with Crippen LogP contribution in [-0.4, -0.2) is 24.3 Å². The lowest BCUT2D eigenvalue weighted by Crippen LogP contribution is -2.30. The zero-order chi connectivity index (χ0) is 37.3. The Kier molecular flexibility index (Phi) is 13.2. The average Bonchev–Trinajstić information content (AvgIpc) is 3.07. The van der Waals surface area contributed by atoms with Crippen LogP contribution in [0.3, 0.4) is 0 Å². The Morgan fingerprint density at radius 3 is 1.86 bits per heavy atom. The van der Waals surface area contributed by atoms with Crippen LogP contribution in [0, 0.1) is 20.8 Å². The summed E-state index contributed by atoms with van der Waals surface area (Å²) in [6.45, 7) is 15.2. The number of amides is 1. The fourth-order valence-corrected chi connectivity index (χ4v) is 6.80. The van der Waals surface area contributed by atoms with E-state index in [0.717, 1.165) is 46.4 Å². The lowest BCUT2D eigenvalue weighted by atomic mass is 9.85. The van der Waals surface area contributed by atoms with Crippen molar-refractivity contribution >= 4 is 22.3 Å². The number of carbonyl (C=O) groups excluding carboxylic acids is 2. The summed E-state index contributed by atoms with van der Waals surface area (Å²) in [6.07, 6.45) is 9.18. The molecule has 4 aromatic rings. The lowest BCUT2D eigenvalue weighted by molar-refractivity contribution is -0.121. The second kappa shape index (κ2) is 17.4. The first-order valence-corrected chi connectivity index (χ1v) is 18.5. The molecule has 1 amide bonds. The Morgan fingerprint density at radius 1 is 0.824 bits per heavy atom. The minimum atomic E-state index is -3.11. The summed E-state index contributed by atoms with van der Waals surface area (Å²) < 4.78 is 25.3. The van der Waals surface area contributed by atoms with Crippen LogP contribution in [0.15, 0.2) is 109 Å². The van der Waals surface area contributed by atoms with Crippen LogP contribution in [0.25, 0.3) is 11.1 Å². The second-order valence-corrected chi connectivity index (χ2v) is 14.9. The van der Waals surface area contributed by atoms with E-state index in [2.05, 4.69) is 126 Å². The predicted molar refractivity (Wildman–Crippen MR) is 206 cm³/mol. The molecule has 6 nitrogen and oxygen atoms in total. The number of Topliss-reactive ketones (excluding diaryl/α,β-unsaturated/α-hetero) is 1. The highest BCUT2D eigenvalue weighted by Gasteiger charge is 2.24. The van der Waals surface area contributed by atoms with Gasteiger partial charge < -0.3 is 5.32 Å². The highest BCUT2D eigenvalue weighted by Crippen LogP contribution is 2.33. The predicted octanol–water partition coefficient (Wildman–Crippen LogP) is 9.63. The summed E-state index contributed by atoms with van der Waals surface area (Å²) in [6, 6.07) is 29.4. The standard InChI is InChI=1S/C44H49NO2.O3S/c1-8-9-41(46)36-12-10-32(11-13-36)28-40(35-16-14-33(15-17-35)34-18-22-38(23-19-34)44(5,6)7)43(47)45-39-24-20-37(21-25-39)42-30(3)26-29(2)27-31(42)4;1-4(2)3/h10-20,22-27,37,40H,8-9,21,28H2,1-7H3,(H,45,47);/t37?,40-;/m1./s1. The maximum absolute atomic E-state index is 14.0. The van der Waals surface area contributed by atoms with Crippen LogP contribution in [0.4, 0.5) is 0 Å². The summed E-state index contributed by atoms with van der Waals surface area (Å²) in [5.41, 5.74) is 12.5. The molecule has 0 saturated heterocycles. The lowest BCUT2D eigenvalue weighted by Gasteiger charge is -2.23. The Labute approximate surface area is 304 Å². The van der Waals surface area contributed by atoms with Gasteiger partial charge in [0.05, 0.1) is 5.92 Å². The van der Waals surface area contributed by atoms with Gasteiger partial charge in [-0.1, -0.05) is 130 Å². The molecule has 5 rings (SSSR count). The molecule has 0 radical (unpaired) electrons. The minimum Gasteiger partial charge on any atom is -0.326 e. The molecule has 1 aliphatic carbocycles. The van der Waals surface area contributed by atoms with Gasteiger partial charge in [0.25, 0.3) is 0 Å². The van der Waals surface area contributed by atoms with Gasteiger partial charge in [-0.3, -0.25) is 9.59 Å². The van der Waals surface area contributed by atoms with E-state index < -0.39 is 16.5 Å². The van der Waals surface area contributed by atoms with Crippen LogP contribution < -0.4 is 5.32 Å². The molecule has 1 aliphatic rings. The maximum atomic E-state index is 14.0. The van der Waals surface area contributed by atoms with Crippen LogP contribution in [0.2, 0.25) is 0 Å². The van der Waals surface area contributed by atoms with Crippen molar-refractivity contribution < 1.29 is 22.2 Å². The summed E-state index contributed by atoms with van der Waals surface area (Å²) in [7, 11) is -3.11. The molecule has 1 unspecified atom stereocenters. The largest absolute Gasteiger partial charge is 0.425 e. The van der Waals surface area contributed by atoms with E-state index in [4.69, 9.17) is 12.6 Å². The van der Waals surface area contributed by atoms with Crippen molar-refractivity contribution in [3.63, 3.8) is 0 Å². The average molecular weight is 704 g/mol. The first-order valence-electron chi connectivity index (χ1n) is 17.5. The van der Waals surface area contributed by atoms with Crippen molar-refractivity contribution in [2.75, 3.05) is 0 Å². The molecule has 0 heterocycles. The van der Waals surface area contributed by atoms with Crippen molar-refractivity contribution in [2.24, 2.45) is 0 Å². The molecule has 0 bridgehead atoms. The maximum Gasteiger partial charge on any atom is 0.425 e. The molecule has 2 atom stereocenters. The Hall–Kier alpha value is -4.88. The molecule has 51 heavy (non-hydrogen) atoms. The molecule has 0 fully saturated rings. The zero-order valence-electron chi connectivity index (χ0n) is 30.7. The van der Waals surface area contributed by atoms with Crippen LogP contribution in [0.1, 0.15) is 108 Å². The van der Waals surface area contributed by atoms with Crippen LogP contribution >= 0.6 is 0 Å². The van der Waals surface area contributed by atoms with Crippen LogP contribution in [-0.2, 0) is 27.2 Å². The van der Waals surface area contributed by atoms with Gasteiger partial charge >= 0.3 is 10.6 Å². The molecule has 7 heteroatoms. The minimum absolute atomic E-state index is 0.0320. The summed E-state index contributed by atoms with van der Waals surface area (Å²) >= 11 is 0. The quantitative estimate of drug-likeness (QED) is 0.166. The summed E-state index contributed by atoms with van der Waals surface area (Å²) in [5, 5.41) is 3.24. The normalized spacial score (nSPS) is 14.5. The third-order valence-corrected chi connectivity index (χ3v) is 9.38. The third-order valence-electron chi connectivity index (χ3n) is 9.38. The van der Waals surface area contributed by atoms with Crippen molar-refractivity contribution in [3.8, 4) is 11.1 Å². The molecule has 1 N–H and O–H groups in total. The summed E-state index contributed by atoms with van der Waals surface area (Å²) in [5.74, 6) is 0.0318. The van der Waals surface area contributed by atoms with E-state index in [1.807, 2.05) is 31.2 Å². The van der Waals surface area contributed by atoms with E-state index in [1.165, 1.54) is 27.8 Å². The fourth-order valence-electron chi connectivity index (χ4n) is 6.80. The van der Waals surface area contributed by atoms with Gasteiger partial charge in [0.2, 0.25) is 5.91 Å². The smallest absolute Gasteiger partial charge is 0.326 e. The number of allylic oxidation sites excluding steroid dienone is 3. The van der Waals surface area contributed by atoms with E-state index in [-0.39, 0.29) is 17.1 Å². The van der Waals surface area contributed by atoms with E-state index in [1.54, 1.807) is 0 Å². The van der Waals surface area contributed by atoms with Gasteiger partial charge in [-0.2, -0.15) is 0 Å². The summed E-state index contributed by atoms with van der Waals surface area (Å²) in [4.78, 5) is 26.5. The number of carbonyl (C=O) groups is 2. The van der Waals surface area contributed by atoms with Gasteiger partial charge in [0.15, 0.2) is 5.78 Å². The van der Waals surface area contributed by atoms with Gasteiger partial charge in [-0.25, -0.2) is 0 Å². The second-order valence-electron chi connectivity index (χ2n) is 14.4. The molecule has 0 aromatic heterocycles. The molecular weight excluding hydrogens is 655 g/mol. The Balaban J connectivity index is 0.00000138. The number of aryl methyl sites for hydroxylation is 3. The van der Waals surface area contributed by atoms with Crippen LogP contribution in [0.5, 0.6) is 0 Å². The number of ketones is 1. The SMILES string of the molecule is CCCC(=O)c1ccc(C[C@@H](C(=O)NC2=CCC(c3c(C)cc(C)cc3C)C=C2)c2ccc(-c3ccc(C(C)(C)C)cc3)cc2)cc1.O=S(=O)=O. The number of rotatable bonds is 10. The molecule has 0 aliphatic heterocycles. The van der Waals surface area contributed by atoms with E-state index >= 15 is 0 Å². The first-order chi connectivity index (χ1) is 24.2. The topological polar surface area (TPSA) is 97.4 Å². The number of nitrogens with one attached hydrogen (secondary N) is 1. The molecular formula is C44H49NO5S. The monoisotopic (exact) mass is 703 g/mol. The molecule has 4 aromatic carbocycles.